The van der Waals surface area contributed by atoms with Gasteiger partial charge in [0.2, 0.25) is 5.88 Å². The standard InChI is InChI=1S/C16H20BrN3O/c1-13(2)21-16-11-18-10-15(19-16)20(9-8-17)12-14-6-4-3-5-7-14/h3-7,10-11,13H,8-9,12H2,1-2H3. The summed E-state index contributed by atoms with van der Waals surface area (Å²) in [6.07, 6.45) is 3.52. The molecule has 0 aliphatic rings. The Hall–Kier alpha value is -1.62. The fourth-order valence-corrected chi connectivity index (χ4v) is 2.40. The van der Waals surface area contributed by atoms with E-state index in [-0.39, 0.29) is 6.10 Å². The minimum absolute atomic E-state index is 0.0910. The zero-order valence-corrected chi connectivity index (χ0v) is 14.0. The molecule has 0 spiro atoms. The van der Waals surface area contributed by atoms with E-state index in [0.29, 0.717) is 5.88 Å². The van der Waals surface area contributed by atoms with Gasteiger partial charge in [-0.05, 0) is 19.4 Å². The number of rotatable bonds is 7. The van der Waals surface area contributed by atoms with Crippen molar-refractivity contribution >= 4 is 21.7 Å². The Bertz CT molecular complexity index is 548. The average Bonchev–Trinajstić information content (AvgIpc) is 2.47. The lowest BCUT2D eigenvalue weighted by Gasteiger charge is -2.23. The molecule has 0 saturated heterocycles. The molecule has 0 saturated carbocycles. The van der Waals surface area contributed by atoms with Crippen LogP contribution in [0.15, 0.2) is 42.7 Å². The van der Waals surface area contributed by atoms with Crippen molar-refractivity contribution in [3.05, 3.63) is 48.3 Å². The van der Waals surface area contributed by atoms with Gasteiger partial charge in [-0.15, -0.1) is 0 Å². The minimum atomic E-state index is 0.0910. The van der Waals surface area contributed by atoms with E-state index in [2.05, 4.69) is 42.9 Å². The molecule has 0 aliphatic heterocycles. The fourth-order valence-electron chi connectivity index (χ4n) is 1.97. The molecule has 0 bridgehead atoms. The van der Waals surface area contributed by atoms with Crippen LogP contribution in [0.3, 0.4) is 0 Å². The maximum Gasteiger partial charge on any atom is 0.234 e. The number of aromatic nitrogens is 2. The van der Waals surface area contributed by atoms with Gasteiger partial charge < -0.3 is 9.64 Å². The Labute approximate surface area is 134 Å². The highest BCUT2D eigenvalue weighted by Gasteiger charge is 2.10. The van der Waals surface area contributed by atoms with Crippen LogP contribution in [-0.2, 0) is 6.54 Å². The minimum Gasteiger partial charge on any atom is -0.474 e. The lowest BCUT2D eigenvalue weighted by molar-refractivity contribution is 0.231. The zero-order valence-electron chi connectivity index (χ0n) is 12.4. The van der Waals surface area contributed by atoms with Crippen LogP contribution in [-0.4, -0.2) is 27.9 Å². The molecular formula is C16H20BrN3O. The van der Waals surface area contributed by atoms with Crippen molar-refractivity contribution in [3.63, 3.8) is 0 Å². The second-order valence-electron chi connectivity index (χ2n) is 4.98. The number of alkyl halides is 1. The number of hydrogen-bond donors (Lipinski definition) is 0. The summed E-state index contributed by atoms with van der Waals surface area (Å²) in [6, 6.07) is 10.3. The molecule has 2 aromatic rings. The highest BCUT2D eigenvalue weighted by Crippen LogP contribution is 2.17. The Balaban J connectivity index is 2.17. The van der Waals surface area contributed by atoms with E-state index in [1.165, 1.54) is 5.56 Å². The quantitative estimate of drug-likeness (QED) is 0.715. The second-order valence-corrected chi connectivity index (χ2v) is 5.77. The molecule has 1 aromatic carbocycles. The fraction of sp³-hybridized carbons (Fsp3) is 0.375. The van der Waals surface area contributed by atoms with Crippen LogP contribution >= 0.6 is 15.9 Å². The number of hydrogen-bond acceptors (Lipinski definition) is 4. The Morgan fingerprint density at radius 3 is 2.62 bits per heavy atom. The predicted molar refractivity (Wildman–Crippen MR) is 89.1 cm³/mol. The molecule has 0 atom stereocenters. The van der Waals surface area contributed by atoms with Gasteiger partial charge >= 0.3 is 0 Å². The molecule has 2 rings (SSSR count). The van der Waals surface area contributed by atoms with Crippen LogP contribution in [0.25, 0.3) is 0 Å². The first-order chi connectivity index (χ1) is 10.2. The van der Waals surface area contributed by atoms with E-state index in [1.807, 2.05) is 32.0 Å². The van der Waals surface area contributed by atoms with Crippen LogP contribution < -0.4 is 9.64 Å². The van der Waals surface area contributed by atoms with E-state index in [4.69, 9.17) is 4.74 Å². The number of anilines is 1. The van der Waals surface area contributed by atoms with Crippen molar-refractivity contribution in [1.29, 1.82) is 0 Å². The number of benzene rings is 1. The van der Waals surface area contributed by atoms with Gasteiger partial charge in [-0.2, -0.15) is 4.98 Å². The van der Waals surface area contributed by atoms with Gasteiger partial charge in [-0.25, -0.2) is 0 Å². The SMILES string of the molecule is CC(C)Oc1cncc(N(CCBr)Cc2ccccc2)n1. The Morgan fingerprint density at radius 1 is 1.19 bits per heavy atom. The molecular weight excluding hydrogens is 330 g/mol. The summed E-state index contributed by atoms with van der Waals surface area (Å²) >= 11 is 3.50. The molecule has 0 aliphatic carbocycles. The zero-order chi connectivity index (χ0) is 15.1. The summed E-state index contributed by atoms with van der Waals surface area (Å²) < 4.78 is 5.62. The molecule has 21 heavy (non-hydrogen) atoms. The molecule has 0 fully saturated rings. The van der Waals surface area contributed by atoms with Gasteiger partial charge in [-0.1, -0.05) is 46.3 Å². The van der Waals surface area contributed by atoms with Crippen molar-refractivity contribution in [3.8, 4) is 5.88 Å². The smallest absolute Gasteiger partial charge is 0.234 e. The summed E-state index contributed by atoms with van der Waals surface area (Å²) in [5, 5.41) is 0.872. The average molecular weight is 350 g/mol. The third-order valence-corrected chi connectivity index (χ3v) is 3.21. The number of nitrogens with zero attached hydrogens (tertiary/aromatic N) is 3. The number of ether oxygens (including phenoxy) is 1. The first-order valence-corrected chi connectivity index (χ1v) is 8.14. The monoisotopic (exact) mass is 349 g/mol. The maximum absolute atomic E-state index is 5.62. The normalized spacial score (nSPS) is 10.7. The largest absolute Gasteiger partial charge is 0.474 e. The maximum atomic E-state index is 5.62. The summed E-state index contributed by atoms with van der Waals surface area (Å²) in [6.45, 7) is 5.62. The van der Waals surface area contributed by atoms with E-state index in [1.54, 1.807) is 12.4 Å². The predicted octanol–water partition coefficient (Wildman–Crippen LogP) is 3.67. The lowest BCUT2D eigenvalue weighted by atomic mass is 10.2. The number of halogens is 1. The van der Waals surface area contributed by atoms with Gasteiger partial charge in [0.25, 0.3) is 0 Å². The molecule has 0 unspecified atom stereocenters. The topological polar surface area (TPSA) is 38.2 Å². The second kappa shape index (κ2) is 7.98. The van der Waals surface area contributed by atoms with Gasteiger partial charge in [-0.3, -0.25) is 4.98 Å². The summed E-state index contributed by atoms with van der Waals surface area (Å²) in [7, 11) is 0. The van der Waals surface area contributed by atoms with Crippen LogP contribution in [0.2, 0.25) is 0 Å². The molecule has 5 heteroatoms. The van der Waals surface area contributed by atoms with Gasteiger partial charge in [0.05, 0.1) is 18.5 Å². The molecule has 0 N–H and O–H groups in total. The van der Waals surface area contributed by atoms with E-state index in [0.717, 1.165) is 24.2 Å². The third kappa shape index (κ3) is 5.01. The molecule has 0 amide bonds. The van der Waals surface area contributed by atoms with Crippen LogP contribution in [0, 0.1) is 0 Å². The van der Waals surface area contributed by atoms with Gasteiger partial charge in [0, 0.05) is 18.4 Å². The van der Waals surface area contributed by atoms with Crippen LogP contribution in [0.5, 0.6) is 5.88 Å². The third-order valence-electron chi connectivity index (χ3n) is 2.85. The molecule has 4 nitrogen and oxygen atoms in total. The summed E-state index contributed by atoms with van der Waals surface area (Å²) in [4.78, 5) is 11.0. The highest BCUT2D eigenvalue weighted by molar-refractivity contribution is 9.09. The molecule has 1 heterocycles. The highest BCUT2D eigenvalue weighted by atomic mass is 79.9. The van der Waals surface area contributed by atoms with Crippen molar-refractivity contribution in [2.24, 2.45) is 0 Å². The van der Waals surface area contributed by atoms with Crippen LogP contribution in [0.1, 0.15) is 19.4 Å². The molecule has 1 aromatic heterocycles. The van der Waals surface area contributed by atoms with Crippen molar-refractivity contribution in [2.75, 3.05) is 16.8 Å². The molecule has 112 valence electrons. The van der Waals surface area contributed by atoms with Crippen molar-refractivity contribution in [2.45, 2.75) is 26.5 Å². The van der Waals surface area contributed by atoms with Crippen LogP contribution in [0.4, 0.5) is 5.82 Å². The Morgan fingerprint density at radius 2 is 1.95 bits per heavy atom. The lowest BCUT2D eigenvalue weighted by Crippen LogP contribution is -2.26. The van der Waals surface area contributed by atoms with Crippen molar-refractivity contribution in [1.82, 2.24) is 9.97 Å². The summed E-state index contributed by atoms with van der Waals surface area (Å²) in [5.74, 6) is 1.39. The van der Waals surface area contributed by atoms with Gasteiger partial charge in [0.1, 0.15) is 0 Å². The van der Waals surface area contributed by atoms with E-state index in [9.17, 15) is 0 Å². The first kappa shape index (κ1) is 15.8. The first-order valence-electron chi connectivity index (χ1n) is 7.02. The van der Waals surface area contributed by atoms with Gasteiger partial charge in [0.15, 0.2) is 5.82 Å². The van der Waals surface area contributed by atoms with Crippen molar-refractivity contribution < 1.29 is 4.74 Å². The molecule has 0 radical (unpaired) electrons. The van der Waals surface area contributed by atoms with E-state index >= 15 is 0 Å². The summed E-state index contributed by atoms with van der Waals surface area (Å²) in [5.41, 5.74) is 1.25. The van der Waals surface area contributed by atoms with E-state index < -0.39 is 0 Å². The Kier molecular flexibility index (Phi) is 5.99.